The molecule has 1 aromatic rings. The minimum atomic E-state index is 0.255. The van der Waals surface area contributed by atoms with Gasteiger partial charge in [0.1, 0.15) is 5.75 Å². The minimum absolute atomic E-state index is 0.255. The third-order valence-electron chi connectivity index (χ3n) is 1.46. The predicted molar refractivity (Wildman–Crippen MR) is 50.6 cm³/mol. The van der Waals surface area contributed by atoms with Crippen molar-refractivity contribution in [3.05, 3.63) is 34.3 Å². The zero-order valence-electron chi connectivity index (χ0n) is 6.26. The van der Waals surface area contributed by atoms with Crippen LogP contribution in [0.5, 0.6) is 5.75 Å². The van der Waals surface area contributed by atoms with Crippen LogP contribution in [-0.2, 0) is 0 Å². The van der Waals surface area contributed by atoms with Crippen LogP contribution < -0.4 is 0 Å². The molecule has 0 aromatic heterocycles. The van der Waals surface area contributed by atoms with Crippen molar-refractivity contribution < 1.29 is 5.11 Å². The van der Waals surface area contributed by atoms with E-state index < -0.39 is 0 Å². The van der Waals surface area contributed by atoms with Crippen molar-refractivity contribution in [3.8, 4) is 5.75 Å². The smallest absolute Gasteiger partial charge is 0.136 e. The van der Waals surface area contributed by atoms with E-state index >= 15 is 0 Å². The molecular formula is C9H9BrO. The topological polar surface area (TPSA) is 20.2 Å². The monoisotopic (exact) mass is 212 g/mol. The van der Waals surface area contributed by atoms with Gasteiger partial charge in [-0.15, -0.1) is 0 Å². The predicted octanol–water partition coefficient (Wildman–Crippen LogP) is 3.11. The van der Waals surface area contributed by atoms with Crippen molar-refractivity contribution in [2.24, 2.45) is 0 Å². The molecule has 11 heavy (non-hydrogen) atoms. The SMILES string of the molecule is C=Cc1cc(C)cc(Br)c1O. The average Bonchev–Trinajstić information content (AvgIpc) is 1.96. The van der Waals surface area contributed by atoms with Gasteiger partial charge < -0.3 is 5.11 Å². The molecule has 0 saturated carbocycles. The summed E-state index contributed by atoms with van der Waals surface area (Å²) >= 11 is 3.24. The van der Waals surface area contributed by atoms with E-state index in [0.717, 1.165) is 11.1 Å². The van der Waals surface area contributed by atoms with E-state index in [4.69, 9.17) is 0 Å². The van der Waals surface area contributed by atoms with Crippen LogP contribution in [0.1, 0.15) is 11.1 Å². The lowest BCUT2D eigenvalue weighted by atomic mass is 10.1. The van der Waals surface area contributed by atoms with E-state index in [9.17, 15) is 5.11 Å². The first-order valence-corrected chi connectivity index (χ1v) is 4.06. The molecular weight excluding hydrogens is 204 g/mol. The van der Waals surface area contributed by atoms with Crippen molar-refractivity contribution in [1.29, 1.82) is 0 Å². The molecule has 1 aromatic carbocycles. The van der Waals surface area contributed by atoms with E-state index in [1.807, 2.05) is 19.1 Å². The van der Waals surface area contributed by atoms with Gasteiger partial charge in [0, 0.05) is 5.56 Å². The Hall–Kier alpha value is -0.760. The summed E-state index contributed by atoms with van der Waals surface area (Å²) in [4.78, 5) is 0. The number of hydrogen-bond donors (Lipinski definition) is 1. The summed E-state index contributed by atoms with van der Waals surface area (Å²) in [6.45, 7) is 5.56. The lowest BCUT2D eigenvalue weighted by Gasteiger charge is -2.02. The minimum Gasteiger partial charge on any atom is -0.506 e. The first kappa shape index (κ1) is 8.34. The summed E-state index contributed by atoms with van der Waals surface area (Å²) < 4.78 is 0.715. The second kappa shape index (κ2) is 3.09. The van der Waals surface area contributed by atoms with Crippen molar-refractivity contribution in [3.63, 3.8) is 0 Å². The molecule has 0 amide bonds. The number of rotatable bonds is 1. The molecule has 0 atom stereocenters. The Bertz CT molecular complexity index is 292. The first-order chi connectivity index (χ1) is 5.15. The number of benzene rings is 1. The quantitative estimate of drug-likeness (QED) is 0.759. The van der Waals surface area contributed by atoms with Crippen molar-refractivity contribution in [2.45, 2.75) is 6.92 Å². The molecule has 0 spiro atoms. The Morgan fingerprint density at radius 2 is 2.18 bits per heavy atom. The molecule has 0 fully saturated rings. The fraction of sp³-hybridized carbons (Fsp3) is 0.111. The summed E-state index contributed by atoms with van der Waals surface area (Å²) in [5.41, 5.74) is 1.86. The first-order valence-electron chi connectivity index (χ1n) is 3.26. The normalized spacial score (nSPS) is 9.64. The van der Waals surface area contributed by atoms with E-state index in [1.165, 1.54) is 0 Å². The van der Waals surface area contributed by atoms with E-state index in [0.29, 0.717) is 4.47 Å². The zero-order valence-corrected chi connectivity index (χ0v) is 7.85. The number of phenolic OH excluding ortho intramolecular Hbond substituents is 1. The molecule has 0 unspecified atom stereocenters. The summed E-state index contributed by atoms with van der Waals surface area (Å²) in [5.74, 6) is 0.255. The fourth-order valence-corrected chi connectivity index (χ4v) is 1.51. The molecule has 1 rings (SSSR count). The summed E-state index contributed by atoms with van der Waals surface area (Å²) in [6, 6.07) is 3.75. The molecule has 0 saturated heterocycles. The molecule has 0 aliphatic heterocycles. The van der Waals surface area contributed by atoms with Crippen LogP contribution in [0.4, 0.5) is 0 Å². The fourth-order valence-electron chi connectivity index (χ4n) is 0.917. The Kier molecular flexibility index (Phi) is 2.35. The highest BCUT2D eigenvalue weighted by atomic mass is 79.9. The Morgan fingerprint density at radius 1 is 1.55 bits per heavy atom. The van der Waals surface area contributed by atoms with E-state index in [-0.39, 0.29) is 5.75 Å². The summed E-state index contributed by atoms with van der Waals surface area (Å²) in [7, 11) is 0. The number of hydrogen-bond acceptors (Lipinski definition) is 1. The average molecular weight is 213 g/mol. The number of phenols is 1. The van der Waals surface area contributed by atoms with Gasteiger partial charge in [-0.3, -0.25) is 0 Å². The second-order valence-corrected chi connectivity index (χ2v) is 3.24. The maximum Gasteiger partial charge on any atom is 0.136 e. The van der Waals surface area contributed by atoms with E-state index in [2.05, 4.69) is 22.5 Å². The maximum atomic E-state index is 9.40. The van der Waals surface area contributed by atoms with Gasteiger partial charge in [-0.25, -0.2) is 0 Å². The largest absolute Gasteiger partial charge is 0.506 e. The molecule has 0 heterocycles. The van der Waals surface area contributed by atoms with Crippen LogP contribution in [0.15, 0.2) is 23.2 Å². The molecule has 1 N–H and O–H groups in total. The lowest BCUT2D eigenvalue weighted by molar-refractivity contribution is 0.470. The molecule has 1 nitrogen and oxygen atoms in total. The molecule has 0 radical (unpaired) electrons. The van der Waals surface area contributed by atoms with Gasteiger partial charge in [-0.2, -0.15) is 0 Å². The Balaban J connectivity index is 3.35. The van der Waals surface area contributed by atoms with Crippen LogP contribution in [0, 0.1) is 6.92 Å². The molecule has 2 heteroatoms. The highest BCUT2D eigenvalue weighted by molar-refractivity contribution is 9.10. The Labute approximate surface area is 74.5 Å². The zero-order chi connectivity index (χ0) is 8.43. The van der Waals surface area contributed by atoms with Crippen LogP contribution in [-0.4, -0.2) is 5.11 Å². The van der Waals surface area contributed by atoms with E-state index in [1.54, 1.807) is 6.08 Å². The van der Waals surface area contributed by atoms with Crippen molar-refractivity contribution in [2.75, 3.05) is 0 Å². The third-order valence-corrected chi connectivity index (χ3v) is 2.06. The van der Waals surface area contributed by atoms with Gasteiger partial charge in [0.25, 0.3) is 0 Å². The van der Waals surface area contributed by atoms with Crippen LogP contribution >= 0.6 is 15.9 Å². The van der Waals surface area contributed by atoms with Crippen LogP contribution in [0.2, 0.25) is 0 Å². The maximum absolute atomic E-state index is 9.40. The highest BCUT2D eigenvalue weighted by Gasteiger charge is 2.02. The molecule has 0 aliphatic rings. The molecule has 58 valence electrons. The molecule has 0 aliphatic carbocycles. The van der Waals surface area contributed by atoms with Gasteiger partial charge in [0.2, 0.25) is 0 Å². The van der Waals surface area contributed by atoms with Gasteiger partial charge >= 0.3 is 0 Å². The summed E-state index contributed by atoms with van der Waals surface area (Å²) in [5, 5.41) is 9.40. The van der Waals surface area contributed by atoms with Gasteiger partial charge in [0.15, 0.2) is 0 Å². The molecule has 0 bridgehead atoms. The summed E-state index contributed by atoms with van der Waals surface area (Å²) in [6.07, 6.45) is 1.63. The van der Waals surface area contributed by atoms with Crippen LogP contribution in [0.25, 0.3) is 6.08 Å². The number of aromatic hydroxyl groups is 1. The van der Waals surface area contributed by atoms with Gasteiger partial charge in [-0.05, 0) is 40.5 Å². The Morgan fingerprint density at radius 3 is 2.73 bits per heavy atom. The lowest BCUT2D eigenvalue weighted by Crippen LogP contribution is -1.79. The van der Waals surface area contributed by atoms with Gasteiger partial charge in [-0.1, -0.05) is 12.7 Å². The third kappa shape index (κ3) is 1.63. The van der Waals surface area contributed by atoms with Gasteiger partial charge in [0.05, 0.1) is 4.47 Å². The second-order valence-electron chi connectivity index (χ2n) is 2.39. The van der Waals surface area contributed by atoms with Crippen LogP contribution in [0.3, 0.4) is 0 Å². The number of aryl methyl sites for hydroxylation is 1. The van der Waals surface area contributed by atoms with Crippen molar-refractivity contribution in [1.82, 2.24) is 0 Å². The van der Waals surface area contributed by atoms with Crippen molar-refractivity contribution >= 4 is 22.0 Å². The standard InChI is InChI=1S/C9H9BrO/c1-3-7-4-6(2)5-8(10)9(7)11/h3-5,11H,1H2,2H3. The number of halogens is 1. The highest BCUT2D eigenvalue weighted by Crippen LogP contribution is 2.29.